The molecule has 0 spiro atoms. The van der Waals surface area contributed by atoms with Gasteiger partial charge in [0, 0.05) is 49.9 Å². The van der Waals surface area contributed by atoms with Gasteiger partial charge in [0.2, 0.25) is 0 Å². The number of halogens is 1. The molecule has 0 fully saturated rings. The number of carbonyl (C=O) groups excluding carboxylic acids is 1. The molecule has 0 aliphatic carbocycles. The molecule has 3 rings (SSSR count). The van der Waals surface area contributed by atoms with E-state index in [1.807, 2.05) is 12.1 Å². The number of alkyl halides is 1. The average Bonchev–Trinajstić information content (AvgIpc) is 2.75. The van der Waals surface area contributed by atoms with Gasteiger partial charge >= 0.3 is 0 Å². The molecule has 0 saturated heterocycles. The molecule has 2 N–H and O–H groups in total. The summed E-state index contributed by atoms with van der Waals surface area (Å²) in [5.41, 5.74) is 4.38. The van der Waals surface area contributed by atoms with Gasteiger partial charge in [0.1, 0.15) is 6.67 Å². The van der Waals surface area contributed by atoms with Crippen molar-refractivity contribution < 1.29 is 9.18 Å². The van der Waals surface area contributed by atoms with Crippen LogP contribution in [0.4, 0.5) is 10.1 Å². The van der Waals surface area contributed by atoms with Gasteiger partial charge in [-0.2, -0.15) is 0 Å². The highest BCUT2D eigenvalue weighted by molar-refractivity contribution is 5.98. The Bertz CT molecular complexity index is 547. The molecule has 2 aliphatic rings. The molecule has 1 aromatic carbocycles. The van der Waals surface area contributed by atoms with Crippen LogP contribution in [0.15, 0.2) is 12.1 Å². The number of hydrogen-bond acceptors (Lipinski definition) is 3. The van der Waals surface area contributed by atoms with Crippen molar-refractivity contribution in [2.45, 2.75) is 25.8 Å². The standard InChI is InChI=1S/C16H22FN3O/c1-2-11-10-20-8-7-18-9-12-3-4-13(14(11)15(12)20)16(21)19-6-5-17/h3-4,11,18H,2,5-10H2,1H3,(H,19,21). The molecule has 4 nitrogen and oxygen atoms in total. The van der Waals surface area contributed by atoms with Crippen LogP contribution in [0.5, 0.6) is 0 Å². The number of amides is 1. The zero-order valence-electron chi connectivity index (χ0n) is 12.4. The maximum Gasteiger partial charge on any atom is 0.251 e. The highest BCUT2D eigenvalue weighted by Gasteiger charge is 2.34. The first-order valence-corrected chi connectivity index (χ1v) is 7.71. The average molecular weight is 291 g/mol. The third-order valence-corrected chi connectivity index (χ3v) is 4.46. The van der Waals surface area contributed by atoms with Gasteiger partial charge < -0.3 is 15.5 Å². The van der Waals surface area contributed by atoms with Crippen LogP contribution in [0.1, 0.15) is 40.7 Å². The molecule has 0 bridgehead atoms. The van der Waals surface area contributed by atoms with Crippen molar-refractivity contribution in [1.82, 2.24) is 10.6 Å². The first-order chi connectivity index (χ1) is 10.3. The van der Waals surface area contributed by atoms with Gasteiger partial charge in [-0.3, -0.25) is 4.79 Å². The fraction of sp³-hybridized carbons (Fsp3) is 0.562. The lowest BCUT2D eigenvalue weighted by atomic mass is 9.91. The monoisotopic (exact) mass is 291 g/mol. The zero-order valence-corrected chi connectivity index (χ0v) is 12.4. The molecule has 1 atom stereocenters. The zero-order chi connectivity index (χ0) is 14.8. The number of nitrogens with one attached hydrogen (secondary N) is 2. The van der Waals surface area contributed by atoms with Crippen molar-refractivity contribution in [2.24, 2.45) is 0 Å². The molecule has 0 aromatic heterocycles. The van der Waals surface area contributed by atoms with Crippen LogP contribution in [0, 0.1) is 0 Å². The summed E-state index contributed by atoms with van der Waals surface area (Å²) in [6.45, 7) is 5.49. The Kier molecular flexibility index (Phi) is 4.10. The van der Waals surface area contributed by atoms with Crippen LogP contribution in [0.3, 0.4) is 0 Å². The van der Waals surface area contributed by atoms with Crippen LogP contribution in [0.2, 0.25) is 0 Å². The number of nitrogens with zero attached hydrogens (tertiary/aromatic N) is 1. The summed E-state index contributed by atoms with van der Waals surface area (Å²) in [6.07, 6.45) is 1.02. The Morgan fingerprint density at radius 2 is 2.38 bits per heavy atom. The second kappa shape index (κ2) is 6.02. The molecule has 1 aromatic rings. The van der Waals surface area contributed by atoms with Gasteiger partial charge in [0.15, 0.2) is 0 Å². The fourth-order valence-corrected chi connectivity index (χ4v) is 3.46. The van der Waals surface area contributed by atoms with E-state index in [1.165, 1.54) is 11.3 Å². The van der Waals surface area contributed by atoms with E-state index in [1.54, 1.807) is 0 Å². The van der Waals surface area contributed by atoms with Crippen molar-refractivity contribution in [3.63, 3.8) is 0 Å². The Balaban J connectivity index is 2.04. The summed E-state index contributed by atoms with van der Waals surface area (Å²) < 4.78 is 12.3. The Morgan fingerprint density at radius 3 is 3.14 bits per heavy atom. The summed E-state index contributed by atoms with van der Waals surface area (Å²) >= 11 is 0. The third kappa shape index (κ3) is 2.50. The predicted molar refractivity (Wildman–Crippen MR) is 81.7 cm³/mol. The number of carbonyl (C=O) groups is 1. The quantitative estimate of drug-likeness (QED) is 0.889. The Morgan fingerprint density at radius 1 is 1.52 bits per heavy atom. The van der Waals surface area contributed by atoms with Crippen LogP contribution in [-0.4, -0.2) is 38.8 Å². The molecule has 21 heavy (non-hydrogen) atoms. The highest BCUT2D eigenvalue weighted by Crippen LogP contribution is 2.43. The van der Waals surface area contributed by atoms with Gasteiger partial charge in [-0.05, 0) is 23.6 Å². The van der Waals surface area contributed by atoms with E-state index in [2.05, 4.69) is 22.5 Å². The van der Waals surface area contributed by atoms with Gasteiger partial charge in [-0.25, -0.2) is 4.39 Å². The first-order valence-electron chi connectivity index (χ1n) is 7.71. The minimum atomic E-state index is -0.529. The largest absolute Gasteiger partial charge is 0.369 e. The smallest absolute Gasteiger partial charge is 0.251 e. The minimum absolute atomic E-state index is 0.0808. The first kappa shape index (κ1) is 14.3. The van der Waals surface area contributed by atoms with E-state index in [9.17, 15) is 9.18 Å². The van der Waals surface area contributed by atoms with Gasteiger partial charge in [-0.1, -0.05) is 13.0 Å². The summed E-state index contributed by atoms with van der Waals surface area (Å²) in [4.78, 5) is 14.7. The van der Waals surface area contributed by atoms with Crippen LogP contribution in [-0.2, 0) is 6.54 Å². The molecule has 2 aliphatic heterocycles. The van der Waals surface area contributed by atoms with E-state index in [4.69, 9.17) is 0 Å². The summed E-state index contributed by atoms with van der Waals surface area (Å²) in [5, 5.41) is 6.08. The Labute approximate surface area is 124 Å². The molecule has 2 heterocycles. The normalized spacial score (nSPS) is 20.1. The van der Waals surface area contributed by atoms with Crippen molar-refractivity contribution >= 4 is 11.6 Å². The number of hydrogen-bond donors (Lipinski definition) is 2. The van der Waals surface area contributed by atoms with Crippen molar-refractivity contribution in [3.05, 3.63) is 28.8 Å². The van der Waals surface area contributed by atoms with Crippen LogP contribution >= 0.6 is 0 Å². The second-order valence-electron chi connectivity index (χ2n) is 5.71. The van der Waals surface area contributed by atoms with E-state index in [0.717, 1.165) is 43.7 Å². The highest BCUT2D eigenvalue weighted by atomic mass is 19.1. The lowest BCUT2D eigenvalue weighted by Crippen LogP contribution is -2.28. The topological polar surface area (TPSA) is 44.4 Å². The van der Waals surface area contributed by atoms with Crippen LogP contribution in [0.25, 0.3) is 0 Å². The van der Waals surface area contributed by atoms with E-state index in [0.29, 0.717) is 5.92 Å². The molecule has 1 unspecified atom stereocenters. The number of rotatable bonds is 4. The fourth-order valence-electron chi connectivity index (χ4n) is 3.46. The second-order valence-corrected chi connectivity index (χ2v) is 5.71. The molecular weight excluding hydrogens is 269 g/mol. The van der Waals surface area contributed by atoms with Gasteiger partial charge in [0.05, 0.1) is 0 Å². The number of benzene rings is 1. The molecule has 5 heteroatoms. The van der Waals surface area contributed by atoms with Crippen molar-refractivity contribution in [3.8, 4) is 0 Å². The summed E-state index contributed by atoms with van der Waals surface area (Å²) in [7, 11) is 0. The lowest BCUT2D eigenvalue weighted by molar-refractivity contribution is 0.0949. The number of anilines is 1. The van der Waals surface area contributed by atoms with E-state index in [-0.39, 0.29) is 12.5 Å². The maximum absolute atomic E-state index is 12.3. The molecule has 0 saturated carbocycles. The molecule has 114 valence electrons. The Hall–Kier alpha value is -1.62. The maximum atomic E-state index is 12.3. The molecule has 0 radical (unpaired) electrons. The van der Waals surface area contributed by atoms with Crippen molar-refractivity contribution in [1.29, 1.82) is 0 Å². The molecule has 1 amide bonds. The lowest BCUT2D eigenvalue weighted by Gasteiger charge is -2.19. The SMILES string of the molecule is CCC1CN2CCNCc3ccc(C(=O)NCCF)c1c32. The summed E-state index contributed by atoms with van der Waals surface area (Å²) in [6, 6.07) is 3.94. The van der Waals surface area contributed by atoms with Crippen molar-refractivity contribution in [2.75, 3.05) is 37.8 Å². The molecular formula is C16H22FN3O. The minimum Gasteiger partial charge on any atom is -0.369 e. The van der Waals surface area contributed by atoms with E-state index < -0.39 is 6.67 Å². The van der Waals surface area contributed by atoms with Gasteiger partial charge in [-0.15, -0.1) is 0 Å². The summed E-state index contributed by atoms with van der Waals surface area (Å²) in [5.74, 6) is 0.243. The van der Waals surface area contributed by atoms with Crippen LogP contribution < -0.4 is 15.5 Å². The predicted octanol–water partition coefficient (Wildman–Crippen LogP) is 1.80. The van der Waals surface area contributed by atoms with E-state index >= 15 is 0 Å². The third-order valence-electron chi connectivity index (χ3n) is 4.46. The van der Waals surface area contributed by atoms with Gasteiger partial charge in [0.25, 0.3) is 5.91 Å².